The number of carbonyl (C=O) groups is 1. The molecule has 1 heterocycles. The standard InChI is InChI=1S/C13H17BrN2O2/c1-9(10-4-2-3-5-11(10)14)16-7-6-15-8-12(16)13(17)18/h2-5,9,12,15H,6-8H2,1H3,(H,17,18). The lowest BCUT2D eigenvalue weighted by Crippen LogP contribution is -2.55. The highest BCUT2D eigenvalue weighted by Gasteiger charge is 2.32. The van der Waals surface area contributed by atoms with E-state index in [-0.39, 0.29) is 6.04 Å². The van der Waals surface area contributed by atoms with Crippen LogP contribution in [0.25, 0.3) is 0 Å². The molecule has 0 aliphatic carbocycles. The van der Waals surface area contributed by atoms with Crippen molar-refractivity contribution in [3.63, 3.8) is 0 Å². The van der Waals surface area contributed by atoms with Crippen LogP contribution in [0.5, 0.6) is 0 Å². The Bertz CT molecular complexity index is 439. The molecule has 1 aliphatic rings. The molecular weight excluding hydrogens is 296 g/mol. The van der Waals surface area contributed by atoms with Crippen LogP contribution in [-0.2, 0) is 4.79 Å². The Hall–Kier alpha value is -0.910. The van der Waals surface area contributed by atoms with Crippen LogP contribution in [0, 0.1) is 0 Å². The van der Waals surface area contributed by atoms with Gasteiger partial charge in [0.15, 0.2) is 0 Å². The van der Waals surface area contributed by atoms with Crippen molar-refractivity contribution < 1.29 is 9.90 Å². The normalized spacial score (nSPS) is 22.7. The second-order valence-electron chi connectivity index (χ2n) is 4.49. The molecule has 1 fully saturated rings. The van der Waals surface area contributed by atoms with Crippen LogP contribution in [0.4, 0.5) is 0 Å². The van der Waals surface area contributed by atoms with Crippen molar-refractivity contribution in [3.8, 4) is 0 Å². The van der Waals surface area contributed by atoms with E-state index in [2.05, 4.69) is 28.2 Å². The number of halogens is 1. The molecule has 0 saturated carbocycles. The van der Waals surface area contributed by atoms with Gasteiger partial charge < -0.3 is 10.4 Å². The Balaban J connectivity index is 2.23. The maximum atomic E-state index is 11.3. The maximum absolute atomic E-state index is 11.3. The van der Waals surface area contributed by atoms with Crippen LogP contribution in [0.1, 0.15) is 18.5 Å². The van der Waals surface area contributed by atoms with Gasteiger partial charge in [0.25, 0.3) is 0 Å². The summed E-state index contributed by atoms with van der Waals surface area (Å²) in [5, 5.41) is 12.4. The lowest BCUT2D eigenvalue weighted by atomic mass is 10.0. The molecule has 0 bridgehead atoms. The summed E-state index contributed by atoms with van der Waals surface area (Å²) in [5.41, 5.74) is 1.13. The minimum absolute atomic E-state index is 0.0868. The van der Waals surface area contributed by atoms with E-state index in [0.717, 1.165) is 23.1 Å². The van der Waals surface area contributed by atoms with Gasteiger partial charge in [-0.3, -0.25) is 9.69 Å². The van der Waals surface area contributed by atoms with Crippen molar-refractivity contribution >= 4 is 21.9 Å². The minimum Gasteiger partial charge on any atom is -0.480 e. The van der Waals surface area contributed by atoms with Gasteiger partial charge in [-0.25, -0.2) is 0 Å². The van der Waals surface area contributed by atoms with Gasteiger partial charge in [0.05, 0.1) is 0 Å². The summed E-state index contributed by atoms with van der Waals surface area (Å²) in [6, 6.07) is 7.60. The Labute approximate surface area is 115 Å². The largest absolute Gasteiger partial charge is 0.480 e. The summed E-state index contributed by atoms with van der Waals surface area (Å²) >= 11 is 3.53. The molecule has 1 saturated heterocycles. The predicted octanol–water partition coefficient (Wildman–Crippen LogP) is 1.87. The second-order valence-corrected chi connectivity index (χ2v) is 5.35. The first-order chi connectivity index (χ1) is 8.61. The molecule has 0 spiro atoms. The molecule has 0 aromatic heterocycles. The highest BCUT2D eigenvalue weighted by molar-refractivity contribution is 9.10. The molecule has 98 valence electrons. The third kappa shape index (κ3) is 2.74. The molecule has 2 atom stereocenters. The molecule has 5 heteroatoms. The summed E-state index contributed by atoms with van der Waals surface area (Å²) in [4.78, 5) is 13.3. The topological polar surface area (TPSA) is 52.6 Å². The van der Waals surface area contributed by atoms with E-state index < -0.39 is 12.0 Å². The SMILES string of the molecule is CC(c1ccccc1Br)N1CCNCC1C(=O)O. The van der Waals surface area contributed by atoms with E-state index in [0.29, 0.717) is 6.54 Å². The number of nitrogens with zero attached hydrogens (tertiary/aromatic N) is 1. The summed E-state index contributed by atoms with van der Waals surface area (Å²) in [5.74, 6) is -0.763. The first-order valence-electron chi connectivity index (χ1n) is 6.05. The number of piperazine rings is 1. The van der Waals surface area contributed by atoms with E-state index in [1.165, 1.54) is 0 Å². The molecule has 2 rings (SSSR count). The van der Waals surface area contributed by atoms with E-state index in [9.17, 15) is 9.90 Å². The highest BCUT2D eigenvalue weighted by Crippen LogP contribution is 2.29. The third-order valence-electron chi connectivity index (χ3n) is 3.42. The summed E-state index contributed by atoms with van der Waals surface area (Å²) in [6.07, 6.45) is 0. The van der Waals surface area contributed by atoms with Gasteiger partial charge in [0.2, 0.25) is 0 Å². The van der Waals surface area contributed by atoms with Crippen molar-refractivity contribution in [2.24, 2.45) is 0 Å². The quantitative estimate of drug-likeness (QED) is 0.894. The fourth-order valence-corrected chi connectivity index (χ4v) is 3.02. The van der Waals surface area contributed by atoms with E-state index in [1.54, 1.807) is 0 Å². The van der Waals surface area contributed by atoms with Crippen molar-refractivity contribution in [2.75, 3.05) is 19.6 Å². The number of benzene rings is 1. The fraction of sp³-hybridized carbons (Fsp3) is 0.462. The van der Waals surface area contributed by atoms with Gasteiger partial charge in [-0.15, -0.1) is 0 Å². The third-order valence-corrected chi connectivity index (χ3v) is 4.14. The van der Waals surface area contributed by atoms with Crippen LogP contribution < -0.4 is 5.32 Å². The zero-order chi connectivity index (χ0) is 13.1. The molecule has 1 aromatic rings. The Morgan fingerprint density at radius 2 is 2.28 bits per heavy atom. The molecule has 2 unspecified atom stereocenters. The molecule has 0 radical (unpaired) electrons. The van der Waals surface area contributed by atoms with Gasteiger partial charge in [-0.1, -0.05) is 34.1 Å². The second kappa shape index (κ2) is 5.82. The smallest absolute Gasteiger partial charge is 0.322 e. The zero-order valence-corrected chi connectivity index (χ0v) is 11.9. The summed E-state index contributed by atoms with van der Waals surface area (Å²) < 4.78 is 1.03. The summed E-state index contributed by atoms with van der Waals surface area (Å²) in [6.45, 7) is 4.14. The Morgan fingerprint density at radius 1 is 1.56 bits per heavy atom. The molecule has 1 aliphatic heterocycles. The number of aliphatic carboxylic acids is 1. The number of hydrogen-bond donors (Lipinski definition) is 2. The molecule has 2 N–H and O–H groups in total. The lowest BCUT2D eigenvalue weighted by molar-refractivity contribution is -0.145. The summed E-state index contributed by atoms with van der Waals surface area (Å²) in [7, 11) is 0. The van der Waals surface area contributed by atoms with Gasteiger partial charge in [0.1, 0.15) is 6.04 Å². The number of carboxylic acids is 1. The van der Waals surface area contributed by atoms with Crippen molar-refractivity contribution in [2.45, 2.75) is 19.0 Å². The predicted molar refractivity (Wildman–Crippen MR) is 73.6 cm³/mol. The first kappa shape index (κ1) is 13.5. The van der Waals surface area contributed by atoms with Gasteiger partial charge in [-0.05, 0) is 18.6 Å². The fourth-order valence-electron chi connectivity index (χ4n) is 2.41. The molecule has 0 amide bonds. The van der Waals surface area contributed by atoms with Crippen LogP contribution >= 0.6 is 15.9 Å². The van der Waals surface area contributed by atoms with Crippen molar-refractivity contribution in [3.05, 3.63) is 34.3 Å². The van der Waals surface area contributed by atoms with E-state index in [4.69, 9.17) is 0 Å². The maximum Gasteiger partial charge on any atom is 0.322 e. The Kier molecular flexibility index (Phi) is 4.37. The zero-order valence-electron chi connectivity index (χ0n) is 10.3. The van der Waals surface area contributed by atoms with Gasteiger partial charge >= 0.3 is 5.97 Å². The van der Waals surface area contributed by atoms with Crippen molar-refractivity contribution in [1.82, 2.24) is 10.2 Å². The Morgan fingerprint density at radius 3 is 2.94 bits per heavy atom. The average Bonchev–Trinajstić information content (AvgIpc) is 2.38. The molecule has 1 aromatic carbocycles. The van der Waals surface area contributed by atoms with Gasteiger partial charge in [-0.2, -0.15) is 0 Å². The van der Waals surface area contributed by atoms with E-state index >= 15 is 0 Å². The number of rotatable bonds is 3. The van der Waals surface area contributed by atoms with Crippen LogP contribution in [0.3, 0.4) is 0 Å². The van der Waals surface area contributed by atoms with Crippen LogP contribution in [0.2, 0.25) is 0 Å². The monoisotopic (exact) mass is 312 g/mol. The minimum atomic E-state index is -0.763. The molecule has 18 heavy (non-hydrogen) atoms. The highest BCUT2D eigenvalue weighted by atomic mass is 79.9. The van der Waals surface area contributed by atoms with E-state index in [1.807, 2.05) is 29.2 Å². The molecule has 4 nitrogen and oxygen atoms in total. The van der Waals surface area contributed by atoms with Crippen LogP contribution in [0.15, 0.2) is 28.7 Å². The average molecular weight is 313 g/mol. The number of nitrogens with one attached hydrogen (secondary N) is 1. The molecular formula is C13H17BrN2O2. The van der Waals surface area contributed by atoms with Crippen molar-refractivity contribution in [1.29, 1.82) is 0 Å². The van der Waals surface area contributed by atoms with Gasteiger partial charge in [0, 0.05) is 30.1 Å². The lowest BCUT2D eigenvalue weighted by Gasteiger charge is -2.38. The number of hydrogen-bond acceptors (Lipinski definition) is 3. The van der Waals surface area contributed by atoms with Crippen LogP contribution in [-0.4, -0.2) is 41.7 Å². The first-order valence-corrected chi connectivity index (χ1v) is 6.84. The number of carboxylic acid groups (broad SMARTS) is 1.